The molecule has 2 aromatic rings. The van der Waals surface area contributed by atoms with Crippen LogP contribution in [-0.4, -0.2) is 64.5 Å². The quantitative estimate of drug-likeness (QED) is 0.306. The molecule has 3 N–H and O–H groups in total. The molecule has 0 bridgehead atoms. The van der Waals surface area contributed by atoms with Gasteiger partial charge in [-0.15, -0.1) is 5.10 Å². The number of rotatable bonds is 13. The van der Waals surface area contributed by atoms with Crippen molar-refractivity contribution in [1.29, 1.82) is 0 Å². The van der Waals surface area contributed by atoms with E-state index in [9.17, 15) is 27.2 Å². The Hall–Kier alpha value is -3.02. The summed E-state index contributed by atoms with van der Waals surface area (Å²) < 4.78 is 50.7. The van der Waals surface area contributed by atoms with Gasteiger partial charge in [-0.1, -0.05) is 11.6 Å². The summed E-state index contributed by atoms with van der Waals surface area (Å²) in [6.45, 7) is -1.49. The lowest BCUT2D eigenvalue weighted by Gasteiger charge is -2.10. The van der Waals surface area contributed by atoms with E-state index in [0.717, 1.165) is 0 Å². The third kappa shape index (κ3) is 8.44. The number of benzene rings is 1. The Labute approximate surface area is 188 Å². The summed E-state index contributed by atoms with van der Waals surface area (Å²) in [5.74, 6) is -1.30. The standard InChI is InChI=1S/C21H27F4N5O3/c22-11-3-1-2-6-17-18(20(33)26-12-4-5-13-31)28-29-30(17)16-9-7-15(8-10-16)19(32)27-14-21(23,24)25/h7-10,31H,1-6,11-14H2,(H,26,33)(H,27,32). The second kappa shape index (κ2) is 12.9. The third-order valence-corrected chi connectivity index (χ3v) is 4.72. The largest absolute Gasteiger partial charge is 0.405 e. The number of hydrogen-bond acceptors (Lipinski definition) is 5. The summed E-state index contributed by atoms with van der Waals surface area (Å²) in [6.07, 6.45) is -1.36. The first-order valence-electron chi connectivity index (χ1n) is 10.6. The van der Waals surface area contributed by atoms with Gasteiger partial charge in [-0.2, -0.15) is 13.2 Å². The number of unbranched alkanes of at least 4 members (excludes halogenated alkanes) is 3. The summed E-state index contributed by atoms with van der Waals surface area (Å²) >= 11 is 0. The number of aromatic nitrogens is 3. The van der Waals surface area contributed by atoms with Crippen molar-refractivity contribution in [1.82, 2.24) is 25.6 Å². The molecule has 0 aliphatic heterocycles. The summed E-state index contributed by atoms with van der Waals surface area (Å²) in [6, 6.07) is 5.69. The van der Waals surface area contributed by atoms with Crippen LogP contribution in [0.4, 0.5) is 17.6 Å². The molecule has 8 nitrogen and oxygen atoms in total. The molecule has 0 spiro atoms. The number of nitrogens with one attached hydrogen (secondary N) is 2. The molecule has 1 aromatic heterocycles. The molecule has 0 radical (unpaired) electrons. The maximum Gasteiger partial charge on any atom is 0.405 e. The normalized spacial score (nSPS) is 11.4. The van der Waals surface area contributed by atoms with Crippen LogP contribution in [0.5, 0.6) is 0 Å². The zero-order valence-electron chi connectivity index (χ0n) is 18.0. The van der Waals surface area contributed by atoms with Crippen molar-refractivity contribution in [2.45, 2.75) is 44.7 Å². The van der Waals surface area contributed by atoms with Crippen molar-refractivity contribution in [3.63, 3.8) is 0 Å². The lowest BCUT2D eigenvalue weighted by molar-refractivity contribution is -0.123. The second-order valence-electron chi connectivity index (χ2n) is 7.33. The van der Waals surface area contributed by atoms with Crippen LogP contribution in [-0.2, 0) is 6.42 Å². The SMILES string of the molecule is O=C(NCC(F)(F)F)c1ccc(-n2nnc(C(=O)NCCCCO)c2CCCCCF)cc1. The van der Waals surface area contributed by atoms with Gasteiger partial charge in [0.05, 0.1) is 18.1 Å². The molecule has 0 fully saturated rings. The number of alkyl halides is 4. The van der Waals surface area contributed by atoms with Crippen LogP contribution < -0.4 is 10.6 Å². The summed E-state index contributed by atoms with van der Waals surface area (Å²) in [5.41, 5.74) is 1.12. The molecule has 182 valence electrons. The van der Waals surface area contributed by atoms with Crippen molar-refractivity contribution < 1.29 is 32.3 Å². The molecule has 33 heavy (non-hydrogen) atoms. The molecule has 0 unspecified atom stereocenters. The van der Waals surface area contributed by atoms with Gasteiger partial charge in [0.25, 0.3) is 11.8 Å². The van der Waals surface area contributed by atoms with Crippen molar-refractivity contribution >= 4 is 11.8 Å². The number of hydrogen-bond donors (Lipinski definition) is 3. The molecule has 1 aromatic carbocycles. The fourth-order valence-electron chi connectivity index (χ4n) is 3.03. The van der Waals surface area contributed by atoms with E-state index in [-0.39, 0.29) is 17.9 Å². The number of amides is 2. The Kier molecular flexibility index (Phi) is 10.2. The number of nitrogens with zero attached hydrogens (tertiary/aromatic N) is 3. The molecule has 2 amide bonds. The van der Waals surface area contributed by atoms with E-state index in [1.54, 1.807) is 5.32 Å². The Morgan fingerprint density at radius 3 is 2.33 bits per heavy atom. The topological polar surface area (TPSA) is 109 Å². The molecule has 12 heteroatoms. The second-order valence-corrected chi connectivity index (χ2v) is 7.33. The van der Waals surface area contributed by atoms with Crippen LogP contribution in [0.25, 0.3) is 5.69 Å². The number of aliphatic hydroxyl groups is 1. The molecule has 0 atom stereocenters. The van der Waals surface area contributed by atoms with Gasteiger partial charge >= 0.3 is 6.18 Å². The summed E-state index contributed by atoms with van der Waals surface area (Å²) in [7, 11) is 0. The number of carbonyl (C=O) groups is 2. The van der Waals surface area contributed by atoms with E-state index < -0.39 is 31.2 Å². The number of halogens is 4. The molecular formula is C21H27F4N5O3. The highest BCUT2D eigenvalue weighted by molar-refractivity contribution is 5.94. The third-order valence-electron chi connectivity index (χ3n) is 4.72. The van der Waals surface area contributed by atoms with Crippen LogP contribution >= 0.6 is 0 Å². The minimum absolute atomic E-state index is 0.0239. The molecular weight excluding hydrogens is 446 g/mol. The molecule has 0 saturated carbocycles. The van der Waals surface area contributed by atoms with Crippen LogP contribution in [0.2, 0.25) is 0 Å². The Bertz CT molecular complexity index is 900. The Balaban J connectivity index is 2.18. The van der Waals surface area contributed by atoms with E-state index >= 15 is 0 Å². The maximum atomic E-state index is 12.6. The molecule has 2 rings (SSSR count). The van der Waals surface area contributed by atoms with Gasteiger partial charge in [-0.3, -0.25) is 14.0 Å². The van der Waals surface area contributed by atoms with Crippen molar-refractivity contribution in [3.8, 4) is 5.69 Å². The first-order valence-corrected chi connectivity index (χ1v) is 10.6. The predicted octanol–water partition coefficient (Wildman–Crippen LogP) is 2.74. The molecule has 0 saturated heterocycles. The van der Waals surface area contributed by atoms with Crippen molar-refractivity contribution in [3.05, 3.63) is 41.2 Å². The van der Waals surface area contributed by atoms with Crippen LogP contribution in [0.3, 0.4) is 0 Å². The van der Waals surface area contributed by atoms with Crippen LogP contribution in [0.1, 0.15) is 58.6 Å². The van der Waals surface area contributed by atoms with Gasteiger partial charge in [0.1, 0.15) is 6.54 Å². The van der Waals surface area contributed by atoms with E-state index in [4.69, 9.17) is 5.11 Å². The lowest BCUT2D eigenvalue weighted by atomic mass is 10.1. The van der Waals surface area contributed by atoms with E-state index in [1.165, 1.54) is 28.9 Å². The first kappa shape index (κ1) is 26.2. The minimum Gasteiger partial charge on any atom is -0.396 e. The van der Waals surface area contributed by atoms with Gasteiger partial charge in [-0.05, 0) is 56.4 Å². The van der Waals surface area contributed by atoms with Crippen LogP contribution in [0, 0.1) is 0 Å². The highest BCUT2D eigenvalue weighted by atomic mass is 19.4. The van der Waals surface area contributed by atoms with Gasteiger partial charge in [-0.25, -0.2) is 4.68 Å². The average molecular weight is 473 g/mol. The van der Waals surface area contributed by atoms with Crippen molar-refractivity contribution in [2.24, 2.45) is 0 Å². The molecule has 0 aliphatic rings. The monoisotopic (exact) mass is 473 g/mol. The highest BCUT2D eigenvalue weighted by Crippen LogP contribution is 2.18. The Morgan fingerprint density at radius 2 is 1.70 bits per heavy atom. The Morgan fingerprint density at radius 1 is 0.970 bits per heavy atom. The first-order chi connectivity index (χ1) is 15.8. The number of carbonyl (C=O) groups excluding carboxylic acids is 2. The number of aliphatic hydroxyl groups excluding tert-OH is 1. The summed E-state index contributed by atoms with van der Waals surface area (Å²) in [4.78, 5) is 24.5. The van der Waals surface area contributed by atoms with E-state index in [0.29, 0.717) is 56.5 Å². The zero-order valence-corrected chi connectivity index (χ0v) is 18.0. The maximum absolute atomic E-state index is 12.6. The zero-order chi connectivity index (χ0) is 24.3. The highest BCUT2D eigenvalue weighted by Gasteiger charge is 2.28. The van der Waals surface area contributed by atoms with Gasteiger partial charge in [0.2, 0.25) is 0 Å². The predicted molar refractivity (Wildman–Crippen MR) is 112 cm³/mol. The smallest absolute Gasteiger partial charge is 0.396 e. The summed E-state index contributed by atoms with van der Waals surface area (Å²) in [5, 5.41) is 21.4. The fraction of sp³-hybridized carbons (Fsp3) is 0.524. The van der Waals surface area contributed by atoms with Crippen LogP contribution in [0.15, 0.2) is 24.3 Å². The average Bonchev–Trinajstić information content (AvgIpc) is 3.21. The molecule has 1 heterocycles. The van der Waals surface area contributed by atoms with E-state index in [1.807, 2.05) is 0 Å². The van der Waals surface area contributed by atoms with Gasteiger partial charge in [0, 0.05) is 18.7 Å². The molecule has 0 aliphatic carbocycles. The van der Waals surface area contributed by atoms with Crippen molar-refractivity contribution in [2.75, 3.05) is 26.4 Å². The lowest BCUT2D eigenvalue weighted by Crippen LogP contribution is -2.33. The van der Waals surface area contributed by atoms with Gasteiger partial charge < -0.3 is 15.7 Å². The van der Waals surface area contributed by atoms with Gasteiger partial charge in [0.15, 0.2) is 5.69 Å². The fourth-order valence-corrected chi connectivity index (χ4v) is 3.03. The van der Waals surface area contributed by atoms with E-state index in [2.05, 4.69) is 15.6 Å². The minimum atomic E-state index is -4.51.